The highest BCUT2D eigenvalue weighted by Crippen LogP contribution is 2.26. The molecular formula is C22H25N3O4S2. The Labute approximate surface area is 186 Å². The van der Waals surface area contributed by atoms with Gasteiger partial charge in [0, 0.05) is 17.0 Å². The smallest absolute Gasteiger partial charge is 0.262 e. The van der Waals surface area contributed by atoms with Gasteiger partial charge in [0.2, 0.25) is 0 Å². The second kappa shape index (κ2) is 9.95. The van der Waals surface area contributed by atoms with Gasteiger partial charge in [0.1, 0.15) is 5.75 Å². The van der Waals surface area contributed by atoms with E-state index in [1.165, 1.54) is 19.2 Å². The van der Waals surface area contributed by atoms with Gasteiger partial charge in [-0.25, -0.2) is 8.42 Å². The highest BCUT2D eigenvalue weighted by molar-refractivity contribution is 7.92. The number of hydrogen-bond donors (Lipinski definition) is 2. The summed E-state index contributed by atoms with van der Waals surface area (Å²) < 4.78 is 33.4. The molecule has 9 heteroatoms. The molecule has 31 heavy (non-hydrogen) atoms. The summed E-state index contributed by atoms with van der Waals surface area (Å²) in [6, 6.07) is 16.7. The van der Waals surface area contributed by atoms with E-state index in [4.69, 9.17) is 4.74 Å². The van der Waals surface area contributed by atoms with E-state index in [-0.39, 0.29) is 22.4 Å². The van der Waals surface area contributed by atoms with Crippen molar-refractivity contribution < 1.29 is 17.9 Å². The van der Waals surface area contributed by atoms with Gasteiger partial charge in [0.15, 0.2) is 0 Å². The van der Waals surface area contributed by atoms with Gasteiger partial charge in [-0.1, -0.05) is 24.3 Å². The topological polar surface area (TPSA) is 87.7 Å². The second-order valence-corrected chi connectivity index (χ2v) is 9.70. The van der Waals surface area contributed by atoms with Crippen molar-refractivity contribution in [2.45, 2.75) is 10.9 Å². The lowest BCUT2D eigenvalue weighted by molar-refractivity contribution is 0.0942. The average Bonchev–Trinajstić information content (AvgIpc) is 3.28. The number of para-hydroxylation sites is 2. The van der Waals surface area contributed by atoms with Crippen molar-refractivity contribution in [1.82, 2.24) is 10.2 Å². The fraction of sp³-hybridized carbons (Fsp3) is 0.227. The maximum Gasteiger partial charge on any atom is 0.262 e. The number of carbonyl (C=O) groups is 1. The Balaban J connectivity index is 1.75. The zero-order valence-corrected chi connectivity index (χ0v) is 19.2. The molecule has 0 spiro atoms. The molecule has 2 N–H and O–H groups in total. The number of thiophene rings is 1. The zero-order chi connectivity index (χ0) is 22.4. The van der Waals surface area contributed by atoms with Crippen LogP contribution >= 0.6 is 11.3 Å². The minimum atomic E-state index is -3.90. The molecule has 1 unspecified atom stereocenters. The number of carbonyl (C=O) groups excluding carboxylic acids is 1. The van der Waals surface area contributed by atoms with Gasteiger partial charge >= 0.3 is 0 Å². The fourth-order valence-corrected chi connectivity index (χ4v) is 5.09. The van der Waals surface area contributed by atoms with Gasteiger partial charge < -0.3 is 15.0 Å². The molecule has 0 fully saturated rings. The quantitative estimate of drug-likeness (QED) is 0.511. The van der Waals surface area contributed by atoms with Gasteiger partial charge in [-0.2, -0.15) is 0 Å². The van der Waals surface area contributed by atoms with Crippen LogP contribution < -0.4 is 14.8 Å². The van der Waals surface area contributed by atoms with Crippen LogP contribution in [-0.2, 0) is 10.0 Å². The van der Waals surface area contributed by atoms with Crippen molar-refractivity contribution >= 4 is 33.0 Å². The molecule has 2 aromatic carbocycles. The number of sulfonamides is 1. The Morgan fingerprint density at radius 1 is 1.10 bits per heavy atom. The Bertz CT molecular complexity index is 1130. The molecule has 1 atom stereocenters. The normalized spacial score (nSPS) is 12.4. The third-order valence-electron chi connectivity index (χ3n) is 4.71. The van der Waals surface area contributed by atoms with Gasteiger partial charge in [-0.3, -0.25) is 9.52 Å². The molecule has 0 bridgehead atoms. The largest absolute Gasteiger partial charge is 0.495 e. The van der Waals surface area contributed by atoms with E-state index in [1.807, 2.05) is 36.5 Å². The number of nitrogens with zero attached hydrogens (tertiary/aromatic N) is 1. The molecule has 0 radical (unpaired) electrons. The van der Waals surface area contributed by atoms with E-state index in [0.29, 0.717) is 18.0 Å². The summed E-state index contributed by atoms with van der Waals surface area (Å²) in [6.45, 7) is 0.406. The van der Waals surface area contributed by atoms with Crippen molar-refractivity contribution in [3.63, 3.8) is 0 Å². The minimum Gasteiger partial charge on any atom is -0.495 e. The van der Waals surface area contributed by atoms with E-state index in [1.54, 1.807) is 47.7 Å². The first-order valence-corrected chi connectivity index (χ1v) is 11.9. The number of likely N-dealkylation sites (N-methyl/N-ethyl adjacent to an activating group) is 1. The lowest BCUT2D eigenvalue weighted by Gasteiger charge is -2.23. The third kappa shape index (κ3) is 5.63. The molecule has 0 aliphatic carbocycles. The highest BCUT2D eigenvalue weighted by atomic mass is 32.2. The number of amides is 1. The predicted molar refractivity (Wildman–Crippen MR) is 123 cm³/mol. The Hall–Kier alpha value is -2.88. The lowest BCUT2D eigenvalue weighted by Crippen LogP contribution is -2.34. The van der Waals surface area contributed by atoms with Crippen LogP contribution in [0.15, 0.2) is 70.9 Å². The number of rotatable bonds is 9. The summed E-state index contributed by atoms with van der Waals surface area (Å²) in [7, 11) is 1.47. The van der Waals surface area contributed by atoms with Crippen LogP contribution in [-0.4, -0.2) is 47.0 Å². The van der Waals surface area contributed by atoms with E-state index < -0.39 is 10.0 Å². The van der Waals surface area contributed by atoms with E-state index in [2.05, 4.69) is 10.0 Å². The van der Waals surface area contributed by atoms with Gasteiger partial charge in [-0.15, -0.1) is 11.3 Å². The standard InChI is InChI=1S/C22H25N3O4S2/c1-25(2)19(21-12-7-13-30-21)15-23-22(26)16-8-6-9-17(14-16)31(27,28)24-18-10-4-5-11-20(18)29-3/h4-14,19,24H,15H2,1-3H3,(H,23,26). The molecule has 0 saturated carbocycles. The van der Waals surface area contributed by atoms with Gasteiger partial charge in [0.05, 0.1) is 23.7 Å². The van der Waals surface area contributed by atoms with Crippen LogP contribution in [0.2, 0.25) is 0 Å². The molecule has 1 amide bonds. The molecule has 164 valence electrons. The minimum absolute atomic E-state index is 0.00604. The Morgan fingerprint density at radius 3 is 2.55 bits per heavy atom. The van der Waals surface area contributed by atoms with Gasteiger partial charge in [-0.05, 0) is 55.9 Å². The van der Waals surface area contributed by atoms with Crippen molar-refractivity contribution in [2.75, 3.05) is 32.5 Å². The van der Waals surface area contributed by atoms with Crippen molar-refractivity contribution in [3.8, 4) is 5.75 Å². The second-order valence-electron chi connectivity index (χ2n) is 7.04. The number of anilines is 1. The van der Waals surface area contributed by atoms with Crippen LogP contribution in [0.1, 0.15) is 21.3 Å². The zero-order valence-electron chi connectivity index (χ0n) is 17.5. The average molecular weight is 460 g/mol. The van der Waals surface area contributed by atoms with Crippen LogP contribution in [0.25, 0.3) is 0 Å². The number of methoxy groups -OCH3 is 1. The van der Waals surface area contributed by atoms with Crippen molar-refractivity contribution in [2.24, 2.45) is 0 Å². The summed E-state index contributed by atoms with van der Waals surface area (Å²) in [5, 5.41) is 4.90. The summed E-state index contributed by atoms with van der Waals surface area (Å²) >= 11 is 1.63. The SMILES string of the molecule is COc1ccccc1NS(=O)(=O)c1cccc(C(=O)NCC(c2cccs2)N(C)C)c1. The van der Waals surface area contributed by atoms with Crippen LogP contribution in [0.5, 0.6) is 5.75 Å². The fourth-order valence-electron chi connectivity index (χ4n) is 3.05. The Kier molecular flexibility index (Phi) is 7.32. The third-order valence-corrected chi connectivity index (χ3v) is 7.05. The molecule has 0 aliphatic heterocycles. The molecule has 3 rings (SSSR count). The maximum absolute atomic E-state index is 12.9. The molecule has 1 heterocycles. The van der Waals surface area contributed by atoms with Crippen LogP contribution in [0.3, 0.4) is 0 Å². The highest BCUT2D eigenvalue weighted by Gasteiger charge is 2.20. The molecule has 3 aromatic rings. The van der Waals surface area contributed by atoms with E-state index in [0.717, 1.165) is 4.88 Å². The van der Waals surface area contributed by atoms with Crippen LogP contribution in [0, 0.1) is 0 Å². The Morgan fingerprint density at radius 2 is 1.87 bits per heavy atom. The summed E-state index contributed by atoms with van der Waals surface area (Å²) in [4.78, 5) is 15.9. The monoisotopic (exact) mass is 459 g/mol. The summed E-state index contributed by atoms with van der Waals surface area (Å²) in [5.41, 5.74) is 0.594. The summed E-state index contributed by atoms with van der Waals surface area (Å²) in [6.07, 6.45) is 0. The first kappa shape index (κ1) is 22.8. The summed E-state index contributed by atoms with van der Waals surface area (Å²) in [5.74, 6) is 0.0704. The van der Waals surface area contributed by atoms with Crippen molar-refractivity contribution in [3.05, 3.63) is 76.5 Å². The first-order valence-electron chi connectivity index (χ1n) is 9.56. The molecule has 0 aliphatic rings. The predicted octanol–water partition coefficient (Wildman–Crippen LogP) is 3.59. The van der Waals surface area contributed by atoms with Crippen molar-refractivity contribution in [1.29, 1.82) is 0 Å². The molecule has 0 saturated heterocycles. The number of benzene rings is 2. The first-order chi connectivity index (χ1) is 14.8. The van der Waals surface area contributed by atoms with Gasteiger partial charge in [0.25, 0.3) is 15.9 Å². The number of nitrogens with one attached hydrogen (secondary N) is 2. The van der Waals surface area contributed by atoms with E-state index >= 15 is 0 Å². The molecule has 1 aromatic heterocycles. The molecule has 7 nitrogen and oxygen atoms in total. The van der Waals surface area contributed by atoms with Crippen LogP contribution in [0.4, 0.5) is 5.69 Å². The maximum atomic E-state index is 12.9. The molecular weight excluding hydrogens is 434 g/mol. The number of hydrogen-bond acceptors (Lipinski definition) is 6. The number of ether oxygens (including phenoxy) is 1. The van der Waals surface area contributed by atoms with E-state index in [9.17, 15) is 13.2 Å². The lowest BCUT2D eigenvalue weighted by atomic mass is 10.2.